The van der Waals surface area contributed by atoms with Gasteiger partial charge in [-0.2, -0.15) is 0 Å². The third-order valence-corrected chi connectivity index (χ3v) is 4.38. The minimum absolute atomic E-state index is 0.106. The van der Waals surface area contributed by atoms with E-state index >= 15 is 0 Å². The van der Waals surface area contributed by atoms with Crippen LogP contribution in [0.25, 0.3) is 0 Å². The van der Waals surface area contributed by atoms with Crippen LogP contribution < -0.4 is 11.1 Å². The molecule has 0 spiro atoms. The van der Waals surface area contributed by atoms with Crippen molar-refractivity contribution < 1.29 is 4.79 Å². The van der Waals surface area contributed by atoms with Crippen molar-refractivity contribution in [1.82, 2.24) is 4.98 Å². The first-order chi connectivity index (χ1) is 9.54. The van der Waals surface area contributed by atoms with Gasteiger partial charge in [-0.15, -0.1) is 0 Å². The van der Waals surface area contributed by atoms with E-state index in [0.717, 1.165) is 44.2 Å². The Morgan fingerprint density at radius 2 is 1.95 bits per heavy atom. The molecule has 0 unspecified atom stereocenters. The number of carbonyl (C=O) groups excluding carboxylic acids is 1. The molecule has 0 radical (unpaired) electrons. The van der Waals surface area contributed by atoms with E-state index in [2.05, 4.69) is 10.3 Å². The molecule has 1 aromatic heterocycles. The number of hydrogen-bond donors (Lipinski definition) is 2. The first-order valence-corrected chi connectivity index (χ1v) is 7.50. The highest BCUT2D eigenvalue weighted by Gasteiger charge is 2.41. The Labute approximate surface area is 125 Å². The number of nitrogens with two attached hydrogens (primary N) is 1. The van der Waals surface area contributed by atoms with Crippen LogP contribution in [-0.4, -0.2) is 15.9 Å². The molecule has 0 atom stereocenters. The molecule has 1 amide bonds. The summed E-state index contributed by atoms with van der Waals surface area (Å²) in [7, 11) is 0. The molecule has 0 aliphatic heterocycles. The van der Waals surface area contributed by atoms with Crippen molar-refractivity contribution >= 4 is 28.9 Å². The Morgan fingerprint density at radius 3 is 2.50 bits per heavy atom. The fourth-order valence-electron chi connectivity index (χ4n) is 2.77. The van der Waals surface area contributed by atoms with Crippen LogP contribution in [0.5, 0.6) is 0 Å². The van der Waals surface area contributed by atoms with Crippen molar-refractivity contribution in [1.29, 1.82) is 0 Å². The zero-order valence-electron chi connectivity index (χ0n) is 11.8. The molecule has 1 fully saturated rings. The first-order valence-electron chi connectivity index (χ1n) is 7.10. The number of thiocarbonyl (C=S) groups is 1. The third kappa shape index (κ3) is 3.15. The second kappa shape index (κ2) is 6.31. The molecular weight excluding hydrogens is 270 g/mol. The van der Waals surface area contributed by atoms with E-state index in [4.69, 9.17) is 18.0 Å². The lowest BCUT2D eigenvalue weighted by Gasteiger charge is -2.30. The number of anilines is 1. The Morgan fingerprint density at radius 1 is 1.30 bits per heavy atom. The number of rotatable bonds is 3. The number of pyridine rings is 1. The SMILES string of the molecule is Cc1cccc(NC(=O)C2(C(N)=S)CCCCCC2)n1. The molecule has 1 heterocycles. The van der Waals surface area contributed by atoms with Crippen molar-refractivity contribution in [2.45, 2.75) is 45.4 Å². The Balaban J connectivity index is 2.21. The summed E-state index contributed by atoms with van der Waals surface area (Å²) in [6.07, 6.45) is 5.73. The number of aryl methyl sites for hydroxylation is 1. The van der Waals surface area contributed by atoms with Crippen LogP contribution in [0.15, 0.2) is 18.2 Å². The minimum atomic E-state index is -0.711. The molecule has 4 nitrogen and oxygen atoms in total. The summed E-state index contributed by atoms with van der Waals surface area (Å²) in [4.78, 5) is 17.3. The fourth-order valence-corrected chi connectivity index (χ4v) is 3.06. The topological polar surface area (TPSA) is 68.0 Å². The maximum absolute atomic E-state index is 12.7. The Kier molecular flexibility index (Phi) is 4.70. The summed E-state index contributed by atoms with van der Waals surface area (Å²) in [6, 6.07) is 5.55. The number of nitrogens with one attached hydrogen (secondary N) is 1. The van der Waals surface area contributed by atoms with Crippen molar-refractivity contribution in [3.63, 3.8) is 0 Å². The summed E-state index contributed by atoms with van der Waals surface area (Å²) in [5, 5.41) is 2.88. The molecule has 2 rings (SSSR count). The molecule has 0 saturated heterocycles. The van der Waals surface area contributed by atoms with Gasteiger partial charge in [0.25, 0.3) is 0 Å². The average Bonchev–Trinajstić information content (AvgIpc) is 2.65. The lowest BCUT2D eigenvalue weighted by atomic mass is 9.79. The highest BCUT2D eigenvalue weighted by atomic mass is 32.1. The molecule has 1 aliphatic rings. The molecule has 0 aromatic carbocycles. The molecule has 1 aromatic rings. The van der Waals surface area contributed by atoms with Crippen LogP contribution >= 0.6 is 12.2 Å². The van der Waals surface area contributed by atoms with Gasteiger partial charge in [-0.05, 0) is 31.9 Å². The van der Waals surface area contributed by atoms with Gasteiger partial charge in [0.15, 0.2) is 0 Å². The van der Waals surface area contributed by atoms with Crippen LogP contribution in [0.4, 0.5) is 5.82 Å². The van der Waals surface area contributed by atoms with Crippen LogP contribution in [0.3, 0.4) is 0 Å². The van der Waals surface area contributed by atoms with Crippen LogP contribution in [-0.2, 0) is 4.79 Å². The summed E-state index contributed by atoms with van der Waals surface area (Å²) < 4.78 is 0. The molecule has 108 valence electrons. The highest BCUT2D eigenvalue weighted by molar-refractivity contribution is 7.80. The number of aromatic nitrogens is 1. The van der Waals surface area contributed by atoms with Crippen LogP contribution in [0.2, 0.25) is 0 Å². The Bertz CT molecular complexity index is 508. The van der Waals surface area contributed by atoms with Gasteiger partial charge >= 0.3 is 0 Å². The van der Waals surface area contributed by atoms with Crippen molar-refractivity contribution in [3.05, 3.63) is 23.9 Å². The van der Waals surface area contributed by atoms with E-state index in [1.807, 2.05) is 19.1 Å². The van der Waals surface area contributed by atoms with Gasteiger partial charge in [-0.1, -0.05) is 44.0 Å². The summed E-state index contributed by atoms with van der Waals surface area (Å²) in [5.74, 6) is 0.458. The van der Waals surface area contributed by atoms with E-state index in [1.165, 1.54) is 0 Å². The van der Waals surface area contributed by atoms with E-state index in [1.54, 1.807) is 6.07 Å². The van der Waals surface area contributed by atoms with Gasteiger partial charge < -0.3 is 11.1 Å². The maximum atomic E-state index is 12.7. The number of hydrogen-bond acceptors (Lipinski definition) is 3. The maximum Gasteiger partial charge on any atom is 0.238 e. The van der Waals surface area contributed by atoms with Crippen molar-refractivity contribution in [2.24, 2.45) is 11.1 Å². The van der Waals surface area contributed by atoms with Gasteiger partial charge in [0.2, 0.25) is 5.91 Å². The molecule has 1 aliphatic carbocycles. The second-order valence-electron chi connectivity index (χ2n) is 5.48. The quantitative estimate of drug-likeness (QED) is 0.663. The van der Waals surface area contributed by atoms with Gasteiger partial charge in [0.1, 0.15) is 5.82 Å². The van der Waals surface area contributed by atoms with Gasteiger partial charge in [0.05, 0.1) is 10.4 Å². The van der Waals surface area contributed by atoms with Crippen molar-refractivity contribution in [3.8, 4) is 0 Å². The summed E-state index contributed by atoms with van der Waals surface area (Å²) in [5.41, 5.74) is 6.06. The number of amides is 1. The van der Waals surface area contributed by atoms with Crippen molar-refractivity contribution in [2.75, 3.05) is 5.32 Å². The largest absolute Gasteiger partial charge is 0.392 e. The van der Waals surface area contributed by atoms with Crippen LogP contribution in [0, 0.1) is 12.3 Å². The van der Waals surface area contributed by atoms with Gasteiger partial charge in [-0.25, -0.2) is 4.98 Å². The summed E-state index contributed by atoms with van der Waals surface area (Å²) in [6.45, 7) is 1.89. The highest BCUT2D eigenvalue weighted by Crippen LogP contribution is 2.36. The third-order valence-electron chi connectivity index (χ3n) is 3.99. The number of carbonyl (C=O) groups is 1. The minimum Gasteiger partial charge on any atom is -0.392 e. The number of nitrogens with zero attached hydrogens (tertiary/aromatic N) is 1. The normalized spacial score (nSPS) is 18.1. The molecule has 20 heavy (non-hydrogen) atoms. The fraction of sp³-hybridized carbons (Fsp3) is 0.533. The zero-order chi connectivity index (χ0) is 14.6. The lowest BCUT2D eigenvalue weighted by molar-refractivity contribution is -0.122. The van der Waals surface area contributed by atoms with E-state index in [9.17, 15) is 4.79 Å². The van der Waals surface area contributed by atoms with Gasteiger partial charge in [0, 0.05) is 5.69 Å². The predicted octanol–water partition coefficient (Wildman–Crippen LogP) is 2.96. The molecule has 1 saturated carbocycles. The standard InChI is InChI=1S/C15H21N3OS/c1-11-7-6-8-12(17-11)18-14(19)15(13(16)20)9-4-2-3-5-10-15/h6-8H,2-5,9-10H2,1H3,(H2,16,20)(H,17,18,19). The monoisotopic (exact) mass is 291 g/mol. The smallest absolute Gasteiger partial charge is 0.238 e. The lowest BCUT2D eigenvalue weighted by Crippen LogP contribution is -2.45. The van der Waals surface area contributed by atoms with Crippen LogP contribution in [0.1, 0.15) is 44.2 Å². The zero-order valence-corrected chi connectivity index (χ0v) is 12.6. The predicted molar refractivity (Wildman–Crippen MR) is 84.5 cm³/mol. The van der Waals surface area contributed by atoms with E-state index in [0.29, 0.717) is 10.8 Å². The second-order valence-corrected chi connectivity index (χ2v) is 5.92. The van der Waals surface area contributed by atoms with E-state index in [-0.39, 0.29) is 5.91 Å². The van der Waals surface area contributed by atoms with Gasteiger partial charge in [-0.3, -0.25) is 4.79 Å². The molecule has 5 heteroatoms. The first kappa shape index (κ1) is 14.9. The summed E-state index contributed by atoms with van der Waals surface area (Å²) >= 11 is 5.20. The molecule has 0 bridgehead atoms. The molecular formula is C15H21N3OS. The van der Waals surface area contributed by atoms with E-state index < -0.39 is 5.41 Å². The average molecular weight is 291 g/mol. The Hall–Kier alpha value is -1.49. The molecule has 3 N–H and O–H groups in total.